The highest BCUT2D eigenvalue weighted by Crippen LogP contribution is 2.44. The van der Waals surface area contributed by atoms with Crippen molar-refractivity contribution in [3.8, 4) is 28.7 Å². The Labute approximate surface area is 381 Å². The van der Waals surface area contributed by atoms with Crippen LogP contribution in [0.4, 0.5) is 0 Å². The predicted octanol–water partition coefficient (Wildman–Crippen LogP) is 8.62. The molecule has 4 atom stereocenters. The van der Waals surface area contributed by atoms with E-state index in [1.165, 1.54) is 38.9 Å². The molecule has 6 rings (SSSR count). The number of methoxy groups -OCH3 is 5. The van der Waals surface area contributed by atoms with Gasteiger partial charge in [-0.3, -0.25) is 9.59 Å². The Morgan fingerprint density at radius 2 is 1.08 bits per heavy atom. The van der Waals surface area contributed by atoms with Crippen molar-refractivity contribution in [1.29, 1.82) is 0 Å². The van der Waals surface area contributed by atoms with Crippen molar-refractivity contribution < 1.29 is 51.7 Å². The third-order valence-corrected chi connectivity index (χ3v) is 14.1. The van der Waals surface area contributed by atoms with E-state index >= 15 is 0 Å². The van der Waals surface area contributed by atoms with Gasteiger partial charge in [0.25, 0.3) is 0 Å². The maximum absolute atomic E-state index is 13.3. The lowest BCUT2D eigenvalue weighted by atomic mass is 9.84. The number of hydrogen-bond donors (Lipinski definition) is 0. The summed E-state index contributed by atoms with van der Waals surface area (Å²) in [6, 6.07) is 21.8. The maximum Gasteiger partial charge on any atom is 0.311 e. The lowest BCUT2D eigenvalue weighted by Gasteiger charge is -2.46. The molecule has 4 aromatic carbocycles. The summed E-state index contributed by atoms with van der Waals surface area (Å²) in [4.78, 5) is 26.4. The Bertz CT molecular complexity index is 2260. The first kappa shape index (κ1) is 48.4. The number of likely N-dealkylation sites (N-methyl/N-ethyl adjacent to an activating group) is 2. The molecule has 0 fully saturated rings. The Morgan fingerprint density at radius 1 is 0.562 bits per heavy atom. The van der Waals surface area contributed by atoms with Gasteiger partial charge in [-0.05, 0) is 109 Å². The molecule has 2 aliphatic heterocycles. The molecule has 2 heterocycles. The van der Waals surface area contributed by atoms with Crippen molar-refractivity contribution in [2.75, 3.05) is 95.6 Å². The molecule has 0 bridgehead atoms. The van der Waals surface area contributed by atoms with Gasteiger partial charge in [0.1, 0.15) is 24.4 Å². The zero-order valence-electron chi connectivity index (χ0n) is 40.1. The Hall–Kier alpha value is -5.10. The van der Waals surface area contributed by atoms with E-state index in [1.54, 1.807) is 35.5 Å². The van der Waals surface area contributed by atoms with Gasteiger partial charge in [-0.15, -0.1) is 0 Å². The summed E-state index contributed by atoms with van der Waals surface area (Å²) in [5.74, 6) is 3.60. The minimum Gasteiger partial charge on any atom is -0.496 e. The topological polar surface area (TPSA) is 98.8 Å². The lowest BCUT2D eigenvalue weighted by Crippen LogP contribution is -2.53. The second-order valence-electron chi connectivity index (χ2n) is 18.3. The number of unbranched alkanes of at least 4 members (excludes halogenated alkanes) is 1. The van der Waals surface area contributed by atoms with E-state index in [9.17, 15) is 9.59 Å². The predicted molar refractivity (Wildman–Crippen MR) is 250 cm³/mol. The molecule has 0 spiro atoms. The smallest absolute Gasteiger partial charge is 0.311 e. The number of carbonyl (C=O) groups excluding carboxylic acids is 2. The second-order valence-corrected chi connectivity index (χ2v) is 18.3. The molecular formula is C53H72N2O9+2. The minimum atomic E-state index is -0.170. The van der Waals surface area contributed by atoms with E-state index in [-0.39, 0.29) is 30.4 Å². The van der Waals surface area contributed by atoms with Gasteiger partial charge in [-0.2, -0.15) is 0 Å². The molecule has 0 saturated carbocycles. The Morgan fingerprint density at radius 3 is 1.72 bits per heavy atom. The molecule has 346 valence electrons. The van der Waals surface area contributed by atoms with Crippen molar-refractivity contribution in [3.05, 3.63) is 111 Å². The summed E-state index contributed by atoms with van der Waals surface area (Å²) in [5.41, 5.74) is 11.3. The molecule has 0 N–H and O–H groups in total. The van der Waals surface area contributed by atoms with Gasteiger partial charge in [-0.25, -0.2) is 0 Å². The first-order valence-corrected chi connectivity index (χ1v) is 22.9. The molecule has 0 radical (unpaired) electrons. The van der Waals surface area contributed by atoms with Crippen LogP contribution in [-0.2, 0) is 44.7 Å². The number of hydrogen-bond acceptors (Lipinski definition) is 9. The summed E-state index contributed by atoms with van der Waals surface area (Å²) in [5, 5.41) is 0. The van der Waals surface area contributed by atoms with E-state index in [4.69, 9.17) is 33.2 Å². The van der Waals surface area contributed by atoms with Crippen molar-refractivity contribution in [1.82, 2.24) is 0 Å². The zero-order valence-corrected chi connectivity index (χ0v) is 40.1. The lowest BCUT2D eigenvalue weighted by molar-refractivity contribution is -0.940. The monoisotopic (exact) mass is 881 g/mol. The number of benzene rings is 4. The van der Waals surface area contributed by atoms with Crippen LogP contribution in [0.5, 0.6) is 28.7 Å². The van der Waals surface area contributed by atoms with Crippen LogP contribution >= 0.6 is 0 Å². The van der Waals surface area contributed by atoms with Gasteiger partial charge in [0.2, 0.25) is 0 Å². The van der Waals surface area contributed by atoms with Gasteiger partial charge in [0.05, 0.1) is 95.3 Å². The van der Waals surface area contributed by atoms with E-state index in [1.807, 2.05) is 12.1 Å². The number of esters is 1. The Balaban J connectivity index is 0.972. The quantitative estimate of drug-likeness (QED) is 0.0437. The number of ether oxygens (including phenoxy) is 7. The summed E-state index contributed by atoms with van der Waals surface area (Å²) in [6.07, 6.45) is 5.59. The number of ketones is 1. The molecule has 4 aromatic rings. The van der Waals surface area contributed by atoms with Crippen LogP contribution in [0.3, 0.4) is 0 Å². The van der Waals surface area contributed by atoms with Crippen molar-refractivity contribution in [2.45, 2.75) is 84.2 Å². The molecule has 2 aliphatic rings. The molecule has 11 heteroatoms. The summed E-state index contributed by atoms with van der Waals surface area (Å²) in [6.45, 7) is 10.5. The number of Topliss-reactive ketones (excluding diaryl/α,β-unsaturated/α-hetero) is 1. The largest absolute Gasteiger partial charge is 0.496 e. The van der Waals surface area contributed by atoms with Gasteiger partial charge in [-0.1, -0.05) is 24.3 Å². The van der Waals surface area contributed by atoms with Crippen LogP contribution in [0.1, 0.15) is 87.8 Å². The van der Waals surface area contributed by atoms with Crippen LogP contribution in [0, 0.1) is 20.8 Å². The molecular weight excluding hydrogens is 809 g/mol. The van der Waals surface area contributed by atoms with Gasteiger partial charge in [0, 0.05) is 43.4 Å². The summed E-state index contributed by atoms with van der Waals surface area (Å²) in [7, 11) is 12.9. The molecule has 0 unspecified atom stereocenters. The van der Waals surface area contributed by atoms with Crippen molar-refractivity contribution >= 4 is 11.8 Å². The van der Waals surface area contributed by atoms with E-state index in [0.29, 0.717) is 73.7 Å². The fraction of sp³-hybridized carbons (Fsp3) is 0.509. The third kappa shape index (κ3) is 11.4. The van der Waals surface area contributed by atoms with Gasteiger partial charge < -0.3 is 42.1 Å². The van der Waals surface area contributed by atoms with Gasteiger partial charge in [0.15, 0.2) is 28.8 Å². The van der Waals surface area contributed by atoms with Crippen LogP contribution in [0.25, 0.3) is 0 Å². The number of rotatable bonds is 22. The number of nitrogens with zero attached hydrogens (tertiary/aromatic N) is 2. The zero-order chi connectivity index (χ0) is 46.0. The fourth-order valence-electron chi connectivity index (χ4n) is 9.81. The molecule has 0 saturated heterocycles. The molecule has 0 amide bonds. The average molecular weight is 881 g/mol. The van der Waals surface area contributed by atoms with Crippen molar-refractivity contribution in [3.63, 3.8) is 0 Å². The third-order valence-electron chi connectivity index (χ3n) is 14.1. The fourth-order valence-corrected chi connectivity index (χ4v) is 9.81. The first-order valence-electron chi connectivity index (χ1n) is 22.9. The van der Waals surface area contributed by atoms with E-state index in [2.05, 4.69) is 83.4 Å². The molecule has 0 aromatic heterocycles. The Kier molecular flexibility index (Phi) is 16.4. The van der Waals surface area contributed by atoms with Crippen LogP contribution in [0.15, 0.2) is 60.7 Å². The van der Waals surface area contributed by atoms with Crippen LogP contribution in [-0.4, -0.2) is 116 Å². The summed E-state index contributed by atoms with van der Waals surface area (Å²) < 4.78 is 41.3. The number of quaternary nitrogens is 2. The minimum absolute atomic E-state index is 0.0665. The highest BCUT2D eigenvalue weighted by molar-refractivity contribution is 5.79. The average Bonchev–Trinajstić information content (AvgIpc) is 3.30. The number of fused-ring (bicyclic) bond motifs is 2. The van der Waals surface area contributed by atoms with E-state index in [0.717, 1.165) is 65.9 Å². The van der Waals surface area contributed by atoms with Gasteiger partial charge >= 0.3 is 5.97 Å². The van der Waals surface area contributed by atoms with Crippen LogP contribution < -0.4 is 23.7 Å². The first-order chi connectivity index (χ1) is 30.7. The SMILES string of the molecule is COc1cc(C[C@@H]2c3cc(C)c(C)cc3CC[N@+]2(C)CCC(=O)OCCCCOCC(=O)CC[N@@+]2(C)CCc3cc(OC)c(OC)cc3[C@H]2Cc2ccc(OC)c(OC)c2)ccc1C. The maximum atomic E-state index is 13.3. The highest BCUT2D eigenvalue weighted by Gasteiger charge is 2.41. The van der Waals surface area contributed by atoms with Crippen molar-refractivity contribution in [2.24, 2.45) is 0 Å². The standard InChI is InChI=1S/C53H72N2O9/c1-36-13-14-39(31-49(36)59-7)29-46-44-28-38(3)37(2)27-41(44)17-21-55(46,5)24-20-53(57)64-26-12-11-25-63-35-43(56)19-23-54(4)22-18-42-33-51(61-9)52(62-10)34-45(42)47(54)30-40-15-16-48(58-6)50(32-40)60-8/h13-16,27-28,31-34,46-47H,11-12,17-26,29-30,35H2,1-10H3/q+2/t46-,47-,54-,55-/m1/s1. The highest BCUT2D eigenvalue weighted by atomic mass is 16.5. The molecule has 0 aliphatic carbocycles. The van der Waals surface area contributed by atoms with E-state index < -0.39 is 0 Å². The van der Waals surface area contributed by atoms with Crippen LogP contribution in [0.2, 0.25) is 0 Å². The number of carbonyl (C=O) groups is 2. The normalized spacial score (nSPS) is 20.2. The summed E-state index contributed by atoms with van der Waals surface area (Å²) >= 11 is 0. The second kappa shape index (κ2) is 21.7. The molecule has 64 heavy (non-hydrogen) atoms. The molecule has 11 nitrogen and oxygen atoms in total. The number of aryl methyl sites for hydroxylation is 3.